The molecule has 1 aromatic carbocycles. The molecular weight excluding hydrogens is 342 g/mol. The number of aromatic nitrogens is 3. The van der Waals surface area contributed by atoms with Gasteiger partial charge in [-0.3, -0.25) is 9.78 Å². The first kappa shape index (κ1) is 15.0. The van der Waals surface area contributed by atoms with Crippen molar-refractivity contribution in [3.63, 3.8) is 0 Å². The molecule has 1 unspecified atom stereocenters. The van der Waals surface area contributed by atoms with E-state index in [1.165, 1.54) is 17.5 Å². The predicted octanol–water partition coefficient (Wildman–Crippen LogP) is 3.97. The number of rotatable bonds is 3. The first-order chi connectivity index (χ1) is 11.6. The molecule has 24 heavy (non-hydrogen) atoms. The van der Waals surface area contributed by atoms with Gasteiger partial charge in [0, 0.05) is 11.3 Å². The van der Waals surface area contributed by atoms with Crippen molar-refractivity contribution in [2.75, 3.05) is 0 Å². The van der Waals surface area contributed by atoms with Gasteiger partial charge in [0.1, 0.15) is 10.8 Å². The van der Waals surface area contributed by atoms with Crippen molar-refractivity contribution in [3.05, 3.63) is 62.1 Å². The van der Waals surface area contributed by atoms with Crippen LogP contribution in [0.4, 0.5) is 0 Å². The zero-order valence-corrected chi connectivity index (χ0v) is 14.3. The van der Waals surface area contributed by atoms with Gasteiger partial charge in [-0.1, -0.05) is 24.3 Å². The molecule has 1 atom stereocenters. The Morgan fingerprint density at radius 3 is 2.88 bits per heavy atom. The van der Waals surface area contributed by atoms with Crippen LogP contribution in [0.15, 0.2) is 46.7 Å². The van der Waals surface area contributed by atoms with Crippen LogP contribution >= 0.6 is 22.7 Å². The van der Waals surface area contributed by atoms with Gasteiger partial charge in [-0.2, -0.15) is 0 Å². The largest absolute Gasteiger partial charge is 0.506 e. The normalized spacial score (nSPS) is 12.5. The Bertz CT molecular complexity index is 1060. The Labute approximate surface area is 145 Å². The fraction of sp³-hybridized carbons (Fsp3) is 0.118. The number of aromatic amines is 1. The lowest BCUT2D eigenvalue weighted by Gasteiger charge is -2.08. The van der Waals surface area contributed by atoms with E-state index in [2.05, 4.69) is 21.9 Å². The maximum Gasteiger partial charge on any atom is 0.305 e. The summed E-state index contributed by atoms with van der Waals surface area (Å²) >= 11 is 2.80. The summed E-state index contributed by atoms with van der Waals surface area (Å²) in [5, 5.41) is 12.3. The number of nitrogens with zero attached hydrogens (tertiary/aromatic N) is 2. The Hall–Kier alpha value is -2.51. The monoisotopic (exact) mass is 355 g/mol. The van der Waals surface area contributed by atoms with Gasteiger partial charge in [0.25, 0.3) is 0 Å². The molecule has 3 heterocycles. The van der Waals surface area contributed by atoms with E-state index in [-0.39, 0.29) is 16.5 Å². The molecule has 2 N–H and O–H groups in total. The second kappa shape index (κ2) is 5.85. The molecule has 0 aliphatic carbocycles. The van der Waals surface area contributed by atoms with Crippen LogP contribution < -0.4 is 4.87 Å². The van der Waals surface area contributed by atoms with Crippen molar-refractivity contribution in [1.29, 1.82) is 0 Å². The number of hydrogen-bond donors (Lipinski definition) is 2. The second-order valence-corrected chi connectivity index (χ2v) is 7.37. The zero-order chi connectivity index (χ0) is 16.7. The number of thiazole rings is 2. The van der Waals surface area contributed by atoms with E-state index in [1.807, 2.05) is 23.6 Å². The Kier molecular flexibility index (Phi) is 3.66. The first-order valence-electron chi connectivity index (χ1n) is 7.34. The van der Waals surface area contributed by atoms with Crippen LogP contribution in [-0.4, -0.2) is 20.1 Å². The maximum atomic E-state index is 11.5. The van der Waals surface area contributed by atoms with Crippen LogP contribution in [0.3, 0.4) is 0 Å². The first-order valence-corrected chi connectivity index (χ1v) is 9.03. The number of nitrogens with one attached hydrogen (secondary N) is 1. The molecule has 120 valence electrons. The molecule has 0 spiro atoms. The molecule has 5 nitrogen and oxygen atoms in total. The predicted molar refractivity (Wildman–Crippen MR) is 97.0 cm³/mol. The molecule has 7 heteroatoms. The molecule has 0 bridgehead atoms. The summed E-state index contributed by atoms with van der Waals surface area (Å²) < 4.78 is 0.960. The van der Waals surface area contributed by atoms with Gasteiger partial charge in [0.05, 0.1) is 27.8 Å². The van der Waals surface area contributed by atoms with E-state index in [9.17, 15) is 9.90 Å². The van der Waals surface area contributed by atoms with Crippen molar-refractivity contribution < 1.29 is 5.11 Å². The van der Waals surface area contributed by atoms with Crippen LogP contribution in [0.1, 0.15) is 23.4 Å². The average molecular weight is 355 g/mol. The lowest BCUT2D eigenvalue weighted by molar-refractivity contribution is 0.473. The van der Waals surface area contributed by atoms with Crippen LogP contribution in [-0.2, 0) is 0 Å². The molecule has 0 aliphatic heterocycles. The van der Waals surface area contributed by atoms with E-state index in [0.29, 0.717) is 0 Å². The summed E-state index contributed by atoms with van der Waals surface area (Å²) in [5.74, 6) is 0.267. The summed E-state index contributed by atoms with van der Waals surface area (Å²) in [4.78, 5) is 23.1. The van der Waals surface area contributed by atoms with Gasteiger partial charge in [-0.25, -0.2) is 4.98 Å². The average Bonchev–Trinajstić information content (AvgIpc) is 3.20. The number of fused-ring (bicyclic) bond motifs is 1. The van der Waals surface area contributed by atoms with Gasteiger partial charge in [-0.15, -0.1) is 11.3 Å². The third-order valence-electron chi connectivity index (χ3n) is 3.85. The number of hydrogen-bond acceptors (Lipinski definition) is 6. The SMILES string of the molecule is CC(c1ccc2[nH]c(=O)sc2c1)c1nc(-c2ccc(O)cn2)cs1. The maximum absolute atomic E-state index is 11.5. The Morgan fingerprint density at radius 1 is 1.21 bits per heavy atom. The fourth-order valence-electron chi connectivity index (χ4n) is 2.52. The lowest BCUT2D eigenvalue weighted by Crippen LogP contribution is -1.95. The van der Waals surface area contributed by atoms with Gasteiger partial charge in [0.15, 0.2) is 0 Å². The van der Waals surface area contributed by atoms with Crippen molar-refractivity contribution >= 4 is 32.9 Å². The highest BCUT2D eigenvalue weighted by molar-refractivity contribution is 7.16. The minimum atomic E-state index is -0.0373. The number of H-pyrrole nitrogens is 1. The quantitative estimate of drug-likeness (QED) is 0.583. The van der Waals surface area contributed by atoms with Crippen molar-refractivity contribution in [2.24, 2.45) is 0 Å². The van der Waals surface area contributed by atoms with E-state index < -0.39 is 0 Å². The highest BCUT2D eigenvalue weighted by Crippen LogP contribution is 2.31. The molecule has 3 aromatic heterocycles. The van der Waals surface area contributed by atoms with Gasteiger partial charge >= 0.3 is 4.87 Å². The topological polar surface area (TPSA) is 78.9 Å². The summed E-state index contributed by atoms with van der Waals surface area (Å²) in [6.07, 6.45) is 1.42. The highest BCUT2D eigenvalue weighted by atomic mass is 32.1. The molecule has 0 saturated carbocycles. The number of aromatic hydroxyl groups is 1. The minimum absolute atomic E-state index is 0.0373. The third-order valence-corrected chi connectivity index (χ3v) is 5.72. The summed E-state index contributed by atoms with van der Waals surface area (Å²) in [6.45, 7) is 2.10. The molecule has 4 aromatic rings. The summed E-state index contributed by atoms with van der Waals surface area (Å²) in [7, 11) is 0. The van der Waals surface area contributed by atoms with E-state index in [0.717, 1.165) is 32.2 Å². The fourth-order valence-corrected chi connectivity index (χ4v) is 4.20. The highest BCUT2D eigenvalue weighted by Gasteiger charge is 2.15. The molecule has 0 amide bonds. The molecule has 0 fully saturated rings. The molecule has 4 rings (SSSR count). The number of benzene rings is 1. The Balaban J connectivity index is 1.67. The van der Waals surface area contributed by atoms with Crippen LogP contribution in [0.5, 0.6) is 5.75 Å². The van der Waals surface area contributed by atoms with Crippen molar-refractivity contribution in [1.82, 2.24) is 15.0 Å². The molecule has 0 aliphatic rings. The zero-order valence-electron chi connectivity index (χ0n) is 12.7. The summed E-state index contributed by atoms with van der Waals surface area (Å²) in [6, 6.07) is 9.36. The second-order valence-electron chi connectivity index (χ2n) is 5.46. The Morgan fingerprint density at radius 2 is 2.08 bits per heavy atom. The van der Waals surface area contributed by atoms with Crippen LogP contribution in [0.2, 0.25) is 0 Å². The minimum Gasteiger partial charge on any atom is -0.506 e. The molecule has 0 saturated heterocycles. The van der Waals surface area contributed by atoms with E-state index in [1.54, 1.807) is 23.5 Å². The summed E-state index contributed by atoms with van der Waals surface area (Å²) in [5.41, 5.74) is 3.53. The smallest absolute Gasteiger partial charge is 0.305 e. The van der Waals surface area contributed by atoms with Gasteiger partial charge < -0.3 is 10.1 Å². The van der Waals surface area contributed by atoms with Gasteiger partial charge in [-0.05, 0) is 29.8 Å². The van der Waals surface area contributed by atoms with E-state index >= 15 is 0 Å². The van der Waals surface area contributed by atoms with Gasteiger partial charge in [0.2, 0.25) is 0 Å². The van der Waals surface area contributed by atoms with Crippen molar-refractivity contribution in [3.8, 4) is 17.1 Å². The standard InChI is InChI=1S/C17H13N3O2S2/c1-9(10-2-4-13-15(6-10)24-17(22)20-13)16-19-14(8-23-16)12-5-3-11(21)7-18-12/h2-9,21H,1H3,(H,20,22). The van der Waals surface area contributed by atoms with Crippen molar-refractivity contribution in [2.45, 2.75) is 12.8 Å². The lowest BCUT2D eigenvalue weighted by atomic mass is 10.0. The van der Waals surface area contributed by atoms with Crippen LogP contribution in [0.25, 0.3) is 21.6 Å². The molecule has 0 radical (unpaired) electrons. The van der Waals surface area contributed by atoms with E-state index in [4.69, 9.17) is 0 Å². The van der Waals surface area contributed by atoms with Crippen LogP contribution in [0, 0.1) is 0 Å². The molecular formula is C17H13N3O2S2. The number of pyridine rings is 1. The third kappa shape index (κ3) is 2.72.